The summed E-state index contributed by atoms with van der Waals surface area (Å²) in [6.07, 6.45) is 1.03. The van der Waals surface area contributed by atoms with Crippen molar-refractivity contribution in [2.45, 2.75) is 32.4 Å². The number of para-hydroxylation sites is 1. The molecule has 0 spiro atoms. The Bertz CT molecular complexity index is 1260. The quantitative estimate of drug-likeness (QED) is 0.201. The minimum atomic E-state index is -0.856. The van der Waals surface area contributed by atoms with Gasteiger partial charge >= 0.3 is 0 Å². The number of nitrogens with zero attached hydrogens (tertiary/aromatic N) is 2. The van der Waals surface area contributed by atoms with Gasteiger partial charge in [0.25, 0.3) is 11.8 Å². The van der Waals surface area contributed by atoms with E-state index in [0.29, 0.717) is 60.7 Å². The number of methoxy groups -OCH3 is 1. The molecule has 0 fully saturated rings. The van der Waals surface area contributed by atoms with E-state index < -0.39 is 12.7 Å². The molecular weight excluding hydrogens is 451 g/mol. The lowest BCUT2D eigenvalue weighted by molar-refractivity contribution is 0.0780. The van der Waals surface area contributed by atoms with Crippen molar-refractivity contribution in [3.05, 3.63) is 58.9 Å². The van der Waals surface area contributed by atoms with E-state index in [1.165, 1.54) is 0 Å². The predicted octanol–water partition coefficient (Wildman–Crippen LogP) is 3.33. The normalized spacial score (nSPS) is 13.6. The van der Waals surface area contributed by atoms with Crippen LogP contribution in [0.4, 0.5) is 4.39 Å². The van der Waals surface area contributed by atoms with E-state index in [4.69, 9.17) is 10.1 Å². The van der Waals surface area contributed by atoms with Gasteiger partial charge in [0.05, 0.1) is 29.8 Å². The van der Waals surface area contributed by atoms with Gasteiger partial charge in [-0.2, -0.15) is 0 Å². The van der Waals surface area contributed by atoms with Crippen LogP contribution in [-0.4, -0.2) is 59.4 Å². The van der Waals surface area contributed by atoms with E-state index in [9.17, 15) is 14.0 Å². The zero-order valence-electron chi connectivity index (χ0n) is 19.8. The van der Waals surface area contributed by atoms with Crippen molar-refractivity contribution in [1.29, 1.82) is 5.41 Å². The Morgan fingerprint density at radius 1 is 1.31 bits per heavy atom. The summed E-state index contributed by atoms with van der Waals surface area (Å²) in [6, 6.07) is 10.3. The summed E-state index contributed by atoms with van der Waals surface area (Å²) < 4.78 is 18.0. The summed E-state index contributed by atoms with van der Waals surface area (Å²) in [6.45, 7) is 2.49. The standard InChI is InChI=1S/C25H29FN6O3/c1-3-32-14-15-7-4-8-16(21(15)25(32)34)24(33)30-18(10-6-12-28-20(27)13-26)23-29-17-9-5-11-19(35-2)22(17)31-23/h4-5,7-9,11,18H,3,6,10,12-14H2,1-2H3,(H2,27,28)(H,29,31)(H,30,33)/t18-/m0/s1. The zero-order chi connectivity index (χ0) is 24.9. The summed E-state index contributed by atoms with van der Waals surface area (Å²) in [5.74, 6) is 0.465. The Labute approximate surface area is 202 Å². The molecule has 9 nitrogen and oxygen atoms in total. The second-order valence-electron chi connectivity index (χ2n) is 8.34. The van der Waals surface area contributed by atoms with Crippen molar-refractivity contribution in [3.63, 3.8) is 0 Å². The van der Waals surface area contributed by atoms with Gasteiger partial charge in [-0.05, 0) is 43.5 Å². The number of fused-ring (bicyclic) bond motifs is 2. The smallest absolute Gasteiger partial charge is 0.255 e. The van der Waals surface area contributed by atoms with Gasteiger partial charge in [-0.1, -0.05) is 18.2 Å². The molecule has 1 aromatic heterocycles. The van der Waals surface area contributed by atoms with Crippen molar-refractivity contribution >= 4 is 28.7 Å². The third-order valence-corrected chi connectivity index (χ3v) is 6.13. The molecule has 35 heavy (non-hydrogen) atoms. The predicted molar refractivity (Wildman–Crippen MR) is 131 cm³/mol. The van der Waals surface area contributed by atoms with E-state index in [1.54, 1.807) is 24.1 Å². The van der Waals surface area contributed by atoms with Gasteiger partial charge in [0.15, 0.2) is 0 Å². The number of imidazole rings is 1. The molecule has 4 N–H and O–H groups in total. The molecule has 0 saturated heterocycles. The number of ether oxygens (including phenoxy) is 1. The molecule has 2 heterocycles. The van der Waals surface area contributed by atoms with Crippen LogP contribution < -0.4 is 15.4 Å². The van der Waals surface area contributed by atoms with Gasteiger partial charge in [-0.3, -0.25) is 15.0 Å². The average molecular weight is 481 g/mol. The van der Waals surface area contributed by atoms with Crippen molar-refractivity contribution in [3.8, 4) is 5.75 Å². The number of hydrogen-bond acceptors (Lipinski definition) is 5. The fourth-order valence-electron chi connectivity index (χ4n) is 4.33. The van der Waals surface area contributed by atoms with Crippen LogP contribution in [0.1, 0.15) is 57.9 Å². The first kappa shape index (κ1) is 24.2. The number of amides is 2. The molecule has 0 bridgehead atoms. The minimum Gasteiger partial charge on any atom is -0.494 e. The van der Waals surface area contributed by atoms with Crippen LogP contribution in [0.3, 0.4) is 0 Å². The number of amidine groups is 1. The van der Waals surface area contributed by atoms with E-state index in [-0.39, 0.29) is 17.6 Å². The van der Waals surface area contributed by atoms with Crippen LogP contribution in [0.5, 0.6) is 5.75 Å². The molecule has 1 aliphatic rings. The number of aromatic nitrogens is 2. The third kappa shape index (κ3) is 4.96. The number of H-pyrrole nitrogens is 1. The van der Waals surface area contributed by atoms with Crippen molar-refractivity contribution in [1.82, 2.24) is 25.5 Å². The number of rotatable bonds is 10. The first-order valence-corrected chi connectivity index (χ1v) is 11.6. The maximum atomic E-state index is 13.4. The molecule has 4 rings (SSSR count). The van der Waals surface area contributed by atoms with Gasteiger partial charge in [-0.15, -0.1) is 0 Å². The largest absolute Gasteiger partial charge is 0.494 e. The van der Waals surface area contributed by atoms with Gasteiger partial charge in [0.1, 0.15) is 29.6 Å². The molecule has 2 amide bonds. The zero-order valence-corrected chi connectivity index (χ0v) is 19.8. The van der Waals surface area contributed by atoms with E-state index in [2.05, 4.69) is 20.6 Å². The van der Waals surface area contributed by atoms with Crippen molar-refractivity contribution in [2.75, 3.05) is 26.9 Å². The molecule has 184 valence electrons. The monoisotopic (exact) mass is 480 g/mol. The van der Waals surface area contributed by atoms with Crippen molar-refractivity contribution < 1.29 is 18.7 Å². The van der Waals surface area contributed by atoms with E-state index >= 15 is 0 Å². The fraction of sp³-hybridized carbons (Fsp3) is 0.360. The van der Waals surface area contributed by atoms with Gasteiger partial charge < -0.3 is 25.3 Å². The third-order valence-electron chi connectivity index (χ3n) is 6.13. The lowest BCUT2D eigenvalue weighted by Crippen LogP contribution is -2.32. The van der Waals surface area contributed by atoms with Crippen LogP contribution in [0.25, 0.3) is 11.0 Å². The number of alkyl halides is 1. The van der Waals surface area contributed by atoms with Gasteiger partial charge in [0, 0.05) is 19.6 Å². The number of aromatic amines is 1. The van der Waals surface area contributed by atoms with Crippen LogP contribution >= 0.6 is 0 Å². The van der Waals surface area contributed by atoms with Crippen LogP contribution in [0.15, 0.2) is 36.4 Å². The molecule has 10 heteroatoms. The number of nitrogens with one attached hydrogen (secondary N) is 4. The van der Waals surface area contributed by atoms with E-state index in [1.807, 2.05) is 31.2 Å². The Balaban J connectivity index is 1.60. The molecule has 3 aromatic rings. The Morgan fingerprint density at radius 3 is 2.86 bits per heavy atom. The summed E-state index contributed by atoms with van der Waals surface area (Å²) >= 11 is 0. The molecule has 0 saturated carbocycles. The number of halogens is 1. The summed E-state index contributed by atoms with van der Waals surface area (Å²) in [4.78, 5) is 35.9. The first-order chi connectivity index (χ1) is 17.0. The second-order valence-corrected chi connectivity index (χ2v) is 8.34. The minimum absolute atomic E-state index is 0.146. The first-order valence-electron chi connectivity index (χ1n) is 11.6. The highest BCUT2D eigenvalue weighted by molar-refractivity contribution is 6.09. The van der Waals surface area contributed by atoms with E-state index in [0.717, 1.165) is 11.1 Å². The van der Waals surface area contributed by atoms with Gasteiger partial charge in [0.2, 0.25) is 0 Å². The highest BCUT2D eigenvalue weighted by atomic mass is 19.1. The molecular formula is C25H29FN6O3. The molecule has 0 aliphatic carbocycles. The molecule has 1 aliphatic heterocycles. The number of carbonyl (C=O) groups is 2. The highest BCUT2D eigenvalue weighted by Crippen LogP contribution is 2.29. The SMILES string of the molecule is CCN1Cc2cccc(C(=O)N[C@@H](CCCNC(=N)CF)c3nc4c(OC)cccc4[nH]3)c2C1=O. The molecule has 1 atom stereocenters. The molecule has 0 radical (unpaired) electrons. The summed E-state index contributed by atoms with van der Waals surface area (Å²) in [7, 11) is 1.57. The van der Waals surface area contributed by atoms with Crippen LogP contribution in [0.2, 0.25) is 0 Å². The number of carbonyl (C=O) groups excluding carboxylic acids is 2. The topological polar surface area (TPSA) is 123 Å². The second kappa shape index (κ2) is 10.5. The maximum Gasteiger partial charge on any atom is 0.255 e. The fourth-order valence-corrected chi connectivity index (χ4v) is 4.33. The summed E-state index contributed by atoms with van der Waals surface area (Å²) in [5.41, 5.74) is 3.03. The Morgan fingerprint density at radius 2 is 2.11 bits per heavy atom. The lowest BCUT2D eigenvalue weighted by Gasteiger charge is -2.18. The summed E-state index contributed by atoms with van der Waals surface area (Å²) in [5, 5.41) is 13.2. The molecule has 2 aromatic carbocycles. The number of hydrogen-bond donors (Lipinski definition) is 4. The highest BCUT2D eigenvalue weighted by Gasteiger charge is 2.31. The van der Waals surface area contributed by atoms with Crippen LogP contribution in [-0.2, 0) is 6.54 Å². The Kier molecular flexibility index (Phi) is 7.28. The molecule has 0 unspecified atom stereocenters. The number of benzene rings is 2. The maximum absolute atomic E-state index is 13.4. The van der Waals surface area contributed by atoms with Crippen molar-refractivity contribution in [2.24, 2.45) is 0 Å². The van der Waals surface area contributed by atoms with Gasteiger partial charge in [-0.25, -0.2) is 9.37 Å². The Hall–Kier alpha value is -3.95. The average Bonchev–Trinajstić information content (AvgIpc) is 3.46. The lowest BCUT2D eigenvalue weighted by atomic mass is 10.0. The van der Waals surface area contributed by atoms with Crippen LogP contribution in [0, 0.1) is 5.41 Å².